The summed E-state index contributed by atoms with van der Waals surface area (Å²) in [5.74, 6) is 0.720. The Hall–Kier alpha value is -3.42. The lowest BCUT2D eigenvalue weighted by molar-refractivity contribution is -0.138. The van der Waals surface area contributed by atoms with Gasteiger partial charge in [-0.1, -0.05) is 99.0 Å². The molecular formula is C37H28BrCl2IN2O5S. The first-order chi connectivity index (χ1) is 23.7. The lowest BCUT2D eigenvalue weighted by Gasteiger charge is -2.26. The molecule has 2 heterocycles. The number of esters is 1. The van der Waals surface area contributed by atoms with Crippen molar-refractivity contribution in [2.75, 3.05) is 13.2 Å². The average molecular weight is 890 g/mol. The van der Waals surface area contributed by atoms with Crippen LogP contribution in [0.1, 0.15) is 42.1 Å². The lowest BCUT2D eigenvalue weighted by atomic mass is 9.93. The van der Waals surface area contributed by atoms with Crippen LogP contribution in [0.15, 0.2) is 105 Å². The van der Waals surface area contributed by atoms with E-state index in [9.17, 15) is 9.59 Å². The van der Waals surface area contributed by atoms with Crippen LogP contribution in [0.25, 0.3) is 11.8 Å². The molecule has 0 radical (unpaired) electrons. The molecule has 12 heteroatoms. The van der Waals surface area contributed by atoms with Crippen LogP contribution in [0.4, 0.5) is 0 Å². The number of carbonyl (C=O) groups is 1. The molecule has 49 heavy (non-hydrogen) atoms. The van der Waals surface area contributed by atoms with E-state index in [2.05, 4.69) is 38.5 Å². The number of nitrogens with zero attached hydrogens (tertiary/aromatic N) is 2. The molecule has 0 saturated carbocycles. The molecule has 1 atom stereocenters. The maximum absolute atomic E-state index is 14.5. The largest absolute Gasteiger partial charge is 0.494 e. The maximum Gasteiger partial charge on any atom is 0.338 e. The molecule has 0 spiro atoms. The monoisotopic (exact) mass is 888 g/mol. The Bertz CT molecular complexity index is 2260. The summed E-state index contributed by atoms with van der Waals surface area (Å²) >= 11 is 19.6. The highest BCUT2D eigenvalue weighted by atomic mass is 127. The van der Waals surface area contributed by atoms with Crippen molar-refractivity contribution in [1.82, 2.24) is 4.57 Å². The van der Waals surface area contributed by atoms with Gasteiger partial charge in [0.15, 0.2) is 4.80 Å². The molecule has 0 N–H and O–H groups in total. The number of benzene rings is 4. The second-order valence-electron chi connectivity index (χ2n) is 10.8. The van der Waals surface area contributed by atoms with Crippen LogP contribution < -0.4 is 24.4 Å². The minimum atomic E-state index is -0.811. The fourth-order valence-corrected chi connectivity index (χ4v) is 8.60. The summed E-state index contributed by atoms with van der Waals surface area (Å²) in [7, 11) is 0. The third-order valence-electron chi connectivity index (χ3n) is 7.59. The van der Waals surface area contributed by atoms with Crippen molar-refractivity contribution >= 4 is 90.8 Å². The summed E-state index contributed by atoms with van der Waals surface area (Å²) < 4.78 is 21.2. The average Bonchev–Trinajstić information content (AvgIpc) is 3.39. The van der Waals surface area contributed by atoms with Gasteiger partial charge in [-0.3, -0.25) is 9.36 Å². The van der Waals surface area contributed by atoms with E-state index in [0.717, 1.165) is 19.2 Å². The summed E-state index contributed by atoms with van der Waals surface area (Å²) in [5, 5.41) is 1.03. The molecule has 1 aromatic heterocycles. The number of aromatic nitrogens is 1. The molecule has 0 bridgehead atoms. The number of rotatable bonds is 10. The van der Waals surface area contributed by atoms with Crippen molar-refractivity contribution in [3.63, 3.8) is 0 Å². The van der Waals surface area contributed by atoms with Crippen molar-refractivity contribution in [3.05, 3.63) is 151 Å². The third kappa shape index (κ3) is 7.68. The number of hydrogen-bond acceptors (Lipinski definition) is 7. The summed E-state index contributed by atoms with van der Waals surface area (Å²) in [4.78, 5) is 33.6. The predicted octanol–water partition coefficient (Wildman–Crippen LogP) is 8.59. The number of ether oxygens (including phenoxy) is 3. The molecule has 0 unspecified atom stereocenters. The van der Waals surface area contributed by atoms with E-state index in [4.69, 9.17) is 42.4 Å². The van der Waals surface area contributed by atoms with Crippen LogP contribution in [0.3, 0.4) is 0 Å². The van der Waals surface area contributed by atoms with Crippen molar-refractivity contribution in [2.45, 2.75) is 26.5 Å². The first-order valence-corrected chi connectivity index (χ1v) is 18.7. The van der Waals surface area contributed by atoms with E-state index >= 15 is 0 Å². The summed E-state index contributed by atoms with van der Waals surface area (Å²) in [5.41, 5.74) is 3.31. The minimum Gasteiger partial charge on any atom is -0.494 e. The fraction of sp³-hybridized carbons (Fsp3) is 0.162. The molecule has 0 fully saturated rings. The highest BCUT2D eigenvalue weighted by molar-refractivity contribution is 14.1. The van der Waals surface area contributed by atoms with Gasteiger partial charge in [0.2, 0.25) is 0 Å². The minimum absolute atomic E-state index is 0.163. The van der Waals surface area contributed by atoms with Crippen molar-refractivity contribution < 1.29 is 19.0 Å². The zero-order valence-electron chi connectivity index (χ0n) is 26.2. The topological polar surface area (TPSA) is 79.1 Å². The summed E-state index contributed by atoms with van der Waals surface area (Å²) in [6, 6.07) is 25.1. The SMILES string of the molecule is CCOC(=O)C1=C(c2ccccc2)N=c2s/c(=C\c3cc(Br)cc(I)c3OCc3ccc(Cl)cc3Cl)c(=O)n2[C@H]1c1ccc(OCC)cc1. The van der Waals surface area contributed by atoms with Gasteiger partial charge >= 0.3 is 5.97 Å². The Morgan fingerprint density at radius 1 is 1.00 bits per heavy atom. The van der Waals surface area contributed by atoms with Gasteiger partial charge in [-0.05, 0) is 84.5 Å². The van der Waals surface area contributed by atoms with Crippen LogP contribution in [-0.4, -0.2) is 23.8 Å². The van der Waals surface area contributed by atoms with Crippen LogP contribution in [-0.2, 0) is 16.1 Å². The Morgan fingerprint density at radius 2 is 1.76 bits per heavy atom. The van der Waals surface area contributed by atoms with Crippen LogP contribution in [0.5, 0.6) is 11.5 Å². The van der Waals surface area contributed by atoms with E-state index in [1.165, 1.54) is 11.3 Å². The van der Waals surface area contributed by atoms with Gasteiger partial charge in [0.05, 0.1) is 38.6 Å². The van der Waals surface area contributed by atoms with E-state index in [1.807, 2.05) is 79.7 Å². The molecule has 7 nitrogen and oxygen atoms in total. The van der Waals surface area contributed by atoms with E-state index in [1.54, 1.807) is 29.7 Å². The summed E-state index contributed by atoms with van der Waals surface area (Å²) in [6.07, 6.45) is 1.79. The Balaban J connectivity index is 1.54. The number of halogens is 4. The number of carbonyl (C=O) groups excluding carboxylic acids is 1. The van der Waals surface area contributed by atoms with Crippen LogP contribution in [0, 0.1) is 3.57 Å². The molecule has 250 valence electrons. The van der Waals surface area contributed by atoms with E-state index in [-0.39, 0.29) is 24.3 Å². The van der Waals surface area contributed by atoms with Gasteiger partial charge in [0.25, 0.3) is 5.56 Å². The molecule has 0 amide bonds. The Morgan fingerprint density at radius 3 is 2.45 bits per heavy atom. The van der Waals surface area contributed by atoms with Crippen molar-refractivity contribution in [2.24, 2.45) is 4.99 Å². The second kappa shape index (κ2) is 15.6. The zero-order valence-corrected chi connectivity index (χ0v) is 32.3. The fourth-order valence-electron chi connectivity index (χ4n) is 5.44. The van der Waals surface area contributed by atoms with Crippen molar-refractivity contribution in [3.8, 4) is 11.5 Å². The van der Waals surface area contributed by atoms with E-state index < -0.39 is 12.0 Å². The van der Waals surface area contributed by atoms with Gasteiger partial charge in [-0.2, -0.15) is 0 Å². The molecule has 0 saturated heterocycles. The van der Waals surface area contributed by atoms with Gasteiger partial charge < -0.3 is 14.2 Å². The van der Waals surface area contributed by atoms with Crippen LogP contribution in [0.2, 0.25) is 10.0 Å². The molecule has 0 aliphatic carbocycles. The van der Waals surface area contributed by atoms with Crippen LogP contribution >= 0.6 is 73.1 Å². The van der Waals surface area contributed by atoms with Gasteiger partial charge in [-0.15, -0.1) is 0 Å². The zero-order chi connectivity index (χ0) is 34.7. The Labute approximate surface area is 318 Å². The normalized spacial score (nSPS) is 14.3. The smallest absolute Gasteiger partial charge is 0.338 e. The first-order valence-electron chi connectivity index (χ1n) is 15.3. The lowest BCUT2D eigenvalue weighted by Crippen LogP contribution is -2.40. The molecule has 6 rings (SSSR count). The quantitative estimate of drug-likeness (QED) is 0.104. The highest BCUT2D eigenvalue weighted by Crippen LogP contribution is 2.36. The van der Waals surface area contributed by atoms with Gasteiger partial charge in [0.1, 0.15) is 18.1 Å². The van der Waals surface area contributed by atoms with Gasteiger partial charge in [-0.25, -0.2) is 9.79 Å². The number of fused-ring (bicyclic) bond motifs is 1. The highest BCUT2D eigenvalue weighted by Gasteiger charge is 2.35. The standard InChI is InChI=1S/C37H28BrCl2IN2O5S/c1-3-46-27-14-11-22(12-15-27)33-31(36(45)47-4-2)32(21-8-6-5-7-9-21)42-37-43(33)35(44)30(49-37)17-24-16-25(38)18-29(41)34(24)48-20-23-10-13-26(39)19-28(23)40/h5-19,33H,3-4,20H2,1-2H3/b30-17-/t33-/m0/s1. The molecule has 5 aromatic rings. The molecular weight excluding hydrogens is 862 g/mol. The Kier molecular flexibility index (Phi) is 11.3. The van der Waals surface area contributed by atoms with Gasteiger partial charge in [0, 0.05) is 31.2 Å². The maximum atomic E-state index is 14.5. The molecule has 1 aliphatic heterocycles. The van der Waals surface area contributed by atoms with E-state index in [0.29, 0.717) is 54.3 Å². The number of thiazole rings is 1. The van der Waals surface area contributed by atoms with Crippen molar-refractivity contribution in [1.29, 1.82) is 0 Å². The third-order valence-corrected chi connectivity index (χ3v) is 10.4. The second-order valence-corrected chi connectivity index (χ2v) is 14.7. The molecule has 4 aromatic carbocycles. The first kappa shape index (κ1) is 35.4. The number of hydrogen-bond donors (Lipinski definition) is 0. The predicted molar refractivity (Wildman–Crippen MR) is 206 cm³/mol. The summed E-state index contributed by atoms with van der Waals surface area (Å²) in [6.45, 7) is 4.53. The molecule has 1 aliphatic rings.